The molecule has 1 aromatic heterocycles. The van der Waals surface area contributed by atoms with Crippen molar-refractivity contribution in [3.05, 3.63) is 101 Å². The molecule has 2 aliphatic rings. The van der Waals surface area contributed by atoms with Gasteiger partial charge in [0, 0.05) is 6.92 Å². The molecule has 0 saturated carbocycles. The van der Waals surface area contributed by atoms with Crippen molar-refractivity contribution in [1.29, 1.82) is 0 Å². The first-order chi connectivity index (χ1) is 18.9. The van der Waals surface area contributed by atoms with E-state index in [1.165, 1.54) is 28.1 Å². The Hall–Kier alpha value is -4.24. The van der Waals surface area contributed by atoms with Crippen LogP contribution in [0.3, 0.4) is 0 Å². The fraction of sp³-hybridized carbons (Fsp3) is 0.267. The summed E-state index contributed by atoms with van der Waals surface area (Å²) in [6, 6.07) is 20.9. The van der Waals surface area contributed by atoms with Gasteiger partial charge in [0.25, 0.3) is 5.91 Å². The molecule has 2 aliphatic heterocycles. The maximum atomic E-state index is 13.9. The van der Waals surface area contributed by atoms with Crippen LogP contribution in [0.1, 0.15) is 43.9 Å². The molecule has 2 aromatic carbocycles. The molecule has 0 spiro atoms. The van der Waals surface area contributed by atoms with E-state index in [1.54, 1.807) is 13.0 Å². The highest BCUT2D eigenvalue weighted by atomic mass is 32.1. The molecule has 0 radical (unpaired) electrons. The van der Waals surface area contributed by atoms with E-state index in [1.807, 2.05) is 72.1 Å². The predicted octanol–water partition coefficient (Wildman–Crippen LogP) is 4.62. The standard InChI is InChI=1S/C30H28N2O6S/c1-3-37-29(35)22-16-17-23-26(31(19(2)33)24-15-10-18-39-24)28(34)32(23)25(22)30(36)38-27(20-11-6-4-7-12-20)21-13-8-5-9-14-21/h4-15,18,23,26-27H,3,16-17H2,1-2H3/t23-,26+/m1/s1. The smallest absolute Gasteiger partial charge is 0.356 e. The second-order valence-electron chi connectivity index (χ2n) is 9.25. The maximum absolute atomic E-state index is 13.9. The first-order valence-electron chi connectivity index (χ1n) is 12.8. The minimum atomic E-state index is -0.794. The number of benzene rings is 2. The number of carbonyl (C=O) groups is 4. The van der Waals surface area contributed by atoms with E-state index < -0.39 is 36.0 Å². The van der Waals surface area contributed by atoms with Crippen molar-refractivity contribution in [3.63, 3.8) is 0 Å². The zero-order valence-corrected chi connectivity index (χ0v) is 22.4. The molecule has 200 valence electrons. The molecule has 2 amide bonds. The molecule has 39 heavy (non-hydrogen) atoms. The molecule has 5 rings (SSSR count). The number of fused-ring (bicyclic) bond motifs is 1. The van der Waals surface area contributed by atoms with E-state index in [0.717, 1.165) is 11.1 Å². The van der Waals surface area contributed by atoms with Gasteiger partial charge in [-0.2, -0.15) is 0 Å². The summed E-state index contributed by atoms with van der Waals surface area (Å²) in [6.07, 6.45) is -0.147. The van der Waals surface area contributed by atoms with Gasteiger partial charge in [-0.25, -0.2) is 9.59 Å². The summed E-state index contributed by atoms with van der Waals surface area (Å²) in [5, 5.41) is 2.49. The molecule has 1 saturated heterocycles. The van der Waals surface area contributed by atoms with Gasteiger partial charge in [0.1, 0.15) is 11.7 Å². The molecular formula is C30H28N2O6S. The molecule has 0 N–H and O–H groups in total. The number of rotatable bonds is 8. The van der Waals surface area contributed by atoms with Gasteiger partial charge in [0.2, 0.25) is 5.91 Å². The fourth-order valence-corrected chi connectivity index (χ4v) is 6.02. The largest absolute Gasteiger partial charge is 0.463 e. The number of ether oxygens (including phenoxy) is 2. The van der Waals surface area contributed by atoms with E-state index in [4.69, 9.17) is 9.47 Å². The highest BCUT2D eigenvalue weighted by Gasteiger charge is 2.57. The van der Waals surface area contributed by atoms with Gasteiger partial charge in [0.05, 0.1) is 23.2 Å². The number of esters is 2. The Kier molecular flexibility index (Phi) is 7.60. The second-order valence-corrected chi connectivity index (χ2v) is 10.2. The van der Waals surface area contributed by atoms with E-state index in [9.17, 15) is 19.2 Å². The van der Waals surface area contributed by atoms with Gasteiger partial charge in [-0.15, -0.1) is 11.3 Å². The summed E-state index contributed by atoms with van der Waals surface area (Å²) in [5.41, 5.74) is 1.49. The molecular weight excluding hydrogens is 516 g/mol. The SMILES string of the molecule is CCOC(=O)C1=C(C(=O)OC(c2ccccc2)c2ccccc2)N2C(=O)[C@@H](N(C(C)=O)c3cccs3)[C@H]2CC1. The van der Waals surface area contributed by atoms with Crippen molar-refractivity contribution in [2.45, 2.75) is 44.9 Å². The Morgan fingerprint density at radius 1 is 0.974 bits per heavy atom. The van der Waals surface area contributed by atoms with Crippen molar-refractivity contribution in [3.8, 4) is 0 Å². The fourth-order valence-electron chi connectivity index (χ4n) is 5.21. The molecule has 0 aliphatic carbocycles. The Bertz CT molecular complexity index is 1360. The molecule has 8 nitrogen and oxygen atoms in total. The molecule has 1 fully saturated rings. The number of hydrogen-bond donors (Lipinski definition) is 0. The highest BCUT2D eigenvalue weighted by Crippen LogP contribution is 2.42. The van der Waals surface area contributed by atoms with Gasteiger partial charge in [-0.1, -0.05) is 60.7 Å². The Labute approximate surface area is 230 Å². The van der Waals surface area contributed by atoms with Crippen molar-refractivity contribution >= 4 is 40.1 Å². The molecule has 3 aromatic rings. The van der Waals surface area contributed by atoms with Crippen LogP contribution in [0.2, 0.25) is 0 Å². The van der Waals surface area contributed by atoms with Crippen LogP contribution in [-0.4, -0.2) is 47.3 Å². The van der Waals surface area contributed by atoms with Gasteiger partial charge in [0.15, 0.2) is 6.10 Å². The van der Waals surface area contributed by atoms with Crippen molar-refractivity contribution in [1.82, 2.24) is 4.90 Å². The Balaban J connectivity index is 1.51. The van der Waals surface area contributed by atoms with Crippen LogP contribution in [0.15, 0.2) is 89.4 Å². The number of β-lactam (4-membered cyclic amide) rings is 1. The first-order valence-corrected chi connectivity index (χ1v) is 13.7. The molecule has 2 atom stereocenters. The Morgan fingerprint density at radius 2 is 1.62 bits per heavy atom. The van der Waals surface area contributed by atoms with Crippen LogP contribution in [0.25, 0.3) is 0 Å². The van der Waals surface area contributed by atoms with Crippen LogP contribution in [-0.2, 0) is 28.7 Å². The van der Waals surface area contributed by atoms with Crippen LogP contribution >= 0.6 is 11.3 Å². The molecule has 3 heterocycles. The van der Waals surface area contributed by atoms with Crippen LogP contribution in [0.4, 0.5) is 5.00 Å². The zero-order valence-electron chi connectivity index (χ0n) is 21.6. The number of thiophene rings is 1. The van der Waals surface area contributed by atoms with Crippen LogP contribution in [0.5, 0.6) is 0 Å². The summed E-state index contributed by atoms with van der Waals surface area (Å²) in [7, 11) is 0. The lowest BCUT2D eigenvalue weighted by atomic mass is 9.82. The lowest BCUT2D eigenvalue weighted by Gasteiger charge is -2.53. The van der Waals surface area contributed by atoms with E-state index in [2.05, 4.69) is 0 Å². The third kappa shape index (κ3) is 4.97. The van der Waals surface area contributed by atoms with Crippen molar-refractivity contribution < 1.29 is 28.7 Å². The lowest BCUT2D eigenvalue weighted by Crippen LogP contribution is -2.72. The summed E-state index contributed by atoms with van der Waals surface area (Å²) in [4.78, 5) is 55.9. The molecule has 9 heteroatoms. The van der Waals surface area contributed by atoms with Gasteiger partial charge in [-0.3, -0.25) is 19.4 Å². The van der Waals surface area contributed by atoms with Crippen LogP contribution < -0.4 is 4.90 Å². The summed E-state index contributed by atoms with van der Waals surface area (Å²) < 4.78 is 11.3. The maximum Gasteiger partial charge on any atom is 0.356 e. The van der Waals surface area contributed by atoms with Crippen molar-refractivity contribution in [2.75, 3.05) is 11.5 Å². The van der Waals surface area contributed by atoms with E-state index in [0.29, 0.717) is 11.4 Å². The average Bonchev–Trinajstić information content (AvgIpc) is 3.49. The van der Waals surface area contributed by atoms with Crippen LogP contribution in [0, 0.1) is 0 Å². The molecule has 0 bridgehead atoms. The number of anilines is 1. The monoisotopic (exact) mass is 544 g/mol. The van der Waals surface area contributed by atoms with Gasteiger partial charge >= 0.3 is 11.9 Å². The summed E-state index contributed by atoms with van der Waals surface area (Å²) in [6.45, 7) is 3.22. The number of hydrogen-bond acceptors (Lipinski definition) is 7. The number of amides is 2. The number of nitrogens with zero attached hydrogens (tertiary/aromatic N) is 2. The summed E-state index contributed by atoms with van der Waals surface area (Å²) >= 11 is 1.36. The third-order valence-corrected chi connectivity index (χ3v) is 7.78. The lowest BCUT2D eigenvalue weighted by molar-refractivity contribution is -0.158. The van der Waals surface area contributed by atoms with E-state index in [-0.39, 0.29) is 30.2 Å². The van der Waals surface area contributed by atoms with Gasteiger partial charge in [-0.05, 0) is 48.4 Å². The average molecular weight is 545 g/mol. The minimum absolute atomic E-state index is 0.107. The summed E-state index contributed by atoms with van der Waals surface area (Å²) in [5.74, 6) is -2.16. The minimum Gasteiger partial charge on any atom is -0.463 e. The predicted molar refractivity (Wildman–Crippen MR) is 146 cm³/mol. The van der Waals surface area contributed by atoms with Gasteiger partial charge < -0.3 is 9.47 Å². The molecule has 0 unspecified atom stereocenters. The number of carbonyl (C=O) groups excluding carboxylic acids is 4. The Morgan fingerprint density at radius 3 is 2.15 bits per heavy atom. The van der Waals surface area contributed by atoms with E-state index >= 15 is 0 Å². The third-order valence-electron chi connectivity index (χ3n) is 6.91. The normalized spacial score (nSPS) is 18.3. The quantitative estimate of drug-likeness (QED) is 0.303. The van der Waals surface area contributed by atoms with Crippen molar-refractivity contribution in [2.24, 2.45) is 0 Å². The zero-order chi connectivity index (χ0) is 27.5. The second kappa shape index (κ2) is 11.2. The first kappa shape index (κ1) is 26.4. The topological polar surface area (TPSA) is 93.2 Å². The highest BCUT2D eigenvalue weighted by molar-refractivity contribution is 7.14.